The molecule has 1 rings (SSSR count). The van der Waals surface area contributed by atoms with Crippen molar-refractivity contribution in [1.29, 1.82) is 0 Å². The Morgan fingerprint density at radius 3 is 2.24 bits per heavy atom. The molecule has 0 N–H and O–H groups in total. The lowest BCUT2D eigenvalue weighted by atomic mass is 9.64. The molecule has 1 saturated carbocycles. The van der Waals surface area contributed by atoms with Gasteiger partial charge in [-0.2, -0.15) is 0 Å². The van der Waals surface area contributed by atoms with Gasteiger partial charge in [0.15, 0.2) is 0 Å². The van der Waals surface area contributed by atoms with Crippen molar-refractivity contribution in [2.24, 2.45) is 35.5 Å². The van der Waals surface area contributed by atoms with Crippen LogP contribution in [0.15, 0.2) is 0 Å². The molecule has 0 amide bonds. The van der Waals surface area contributed by atoms with Gasteiger partial charge in [0.1, 0.15) is 0 Å². The van der Waals surface area contributed by atoms with Crippen LogP contribution >= 0.6 is 0 Å². The second-order valence-electron chi connectivity index (χ2n) is 7.24. The maximum atomic E-state index is 2.51. The molecule has 5 atom stereocenters. The quantitative estimate of drug-likeness (QED) is 0.570. The Balaban J connectivity index is 2.72. The molecule has 0 heterocycles. The Labute approximate surface area is 110 Å². The summed E-state index contributed by atoms with van der Waals surface area (Å²) in [7, 11) is 0. The number of hydrogen-bond acceptors (Lipinski definition) is 0. The van der Waals surface area contributed by atoms with Crippen LogP contribution in [0.1, 0.15) is 73.6 Å². The van der Waals surface area contributed by atoms with E-state index in [-0.39, 0.29) is 0 Å². The van der Waals surface area contributed by atoms with Crippen molar-refractivity contribution >= 4 is 0 Å². The summed E-state index contributed by atoms with van der Waals surface area (Å²) in [6.45, 7) is 14.6. The van der Waals surface area contributed by atoms with E-state index in [0.29, 0.717) is 0 Å². The van der Waals surface area contributed by atoms with Gasteiger partial charge in [-0.3, -0.25) is 0 Å². The summed E-state index contributed by atoms with van der Waals surface area (Å²) in [6, 6.07) is 0. The largest absolute Gasteiger partial charge is 0.0651 e. The highest BCUT2D eigenvalue weighted by atomic mass is 14.4. The first-order valence-corrected chi connectivity index (χ1v) is 7.95. The van der Waals surface area contributed by atoms with E-state index in [9.17, 15) is 0 Å². The summed E-state index contributed by atoms with van der Waals surface area (Å²) in [5, 5.41) is 0. The Morgan fingerprint density at radius 1 is 1.06 bits per heavy atom. The maximum absolute atomic E-state index is 2.51. The van der Waals surface area contributed by atoms with Crippen LogP contribution in [-0.4, -0.2) is 0 Å². The normalized spacial score (nSPS) is 33.7. The molecule has 17 heavy (non-hydrogen) atoms. The molecule has 0 aliphatic heterocycles. The van der Waals surface area contributed by atoms with Gasteiger partial charge in [-0.15, -0.1) is 0 Å². The Bertz CT molecular complexity index is 206. The van der Waals surface area contributed by atoms with E-state index in [4.69, 9.17) is 0 Å². The zero-order valence-electron chi connectivity index (χ0n) is 13.0. The summed E-state index contributed by atoms with van der Waals surface area (Å²) >= 11 is 0. The monoisotopic (exact) mass is 238 g/mol. The van der Waals surface area contributed by atoms with Crippen LogP contribution in [0.4, 0.5) is 0 Å². The molecule has 5 unspecified atom stereocenters. The first-order valence-electron chi connectivity index (χ1n) is 7.95. The standard InChI is InChI=1S/C17H34/c1-7-14(5)16(10-12(2)3)17-11-13(4)8-9-15(17)6/h12-17H,7-11H2,1-6H3. The average molecular weight is 238 g/mol. The van der Waals surface area contributed by atoms with Crippen LogP contribution in [0.3, 0.4) is 0 Å². The van der Waals surface area contributed by atoms with Gasteiger partial charge in [0.05, 0.1) is 0 Å². The molecule has 0 spiro atoms. The Hall–Kier alpha value is 0. The first kappa shape index (κ1) is 15.1. The molecule has 0 radical (unpaired) electrons. The van der Waals surface area contributed by atoms with E-state index >= 15 is 0 Å². The van der Waals surface area contributed by atoms with E-state index in [0.717, 1.165) is 35.5 Å². The molecule has 0 nitrogen and oxygen atoms in total. The van der Waals surface area contributed by atoms with Crippen molar-refractivity contribution in [3.63, 3.8) is 0 Å². The van der Waals surface area contributed by atoms with Crippen LogP contribution in [0.2, 0.25) is 0 Å². The van der Waals surface area contributed by atoms with E-state index < -0.39 is 0 Å². The van der Waals surface area contributed by atoms with Gasteiger partial charge in [0, 0.05) is 0 Å². The molecule has 0 aromatic carbocycles. The third-order valence-electron chi connectivity index (χ3n) is 5.19. The topological polar surface area (TPSA) is 0 Å². The van der Waals surface area contributed by atoms with Crippen molar-refractivity contribution in [1.82, 2.24) is 0 Å². The van der Waals surface area contributed by atoms with E-state index in [1.807, 2.05) is 0 Å². The molecular formula is C17H34. The molecule has 0 heteroatoms. The molecule has 1 fully saturated rings. The maximum Gasteiger partial charge on any atom is -0.0355 e. The lowest BCUT2D eigenvalue weighted by molar-refractivity contribution is 0.0867. The van der Waals surface area contributed by atoms with Gasteiger partial charge in [-0.1, -0.05) is 60.8 Å². The Kier molecular flexibility index (Phi) is 6.03. The number of rotatable bonds is 5. The van der Waals surface area contributed by atoms with Crippen LogP contribution in [0.25, 0.3) is 0 Å². The van der Waals surface area contributed by atoms with Gasteiger partial charge in [-0.05, 0) is 48.3 Å². The third kappa shape index (κ3) is 4.30. The minimum atomic E-state index is 0.860. The van der Waals surface area contributed by atoms with Gasteiger partial charge in [-0.25, -0.2) is 0 Å². The summed E-state index contributed by atoms with van der Waals surface area (Å²) in [4.78, 5) is 0. The van der Waals surface area contributed by atoms with E-state index in [2.05, 4.69) is 41.5 Å². The minimum Gasteiger partial charge on any atom is -0.0651 e. The predicted molar refractivity (Wildman–Crippen MR) is 78.1 cm³/mol. The molecule has 0 saturated heterocycles. The van der Waals surface area contributed by atoms with Crippen molar-refractivity contribution in [2.75, 3.05) is 0 Å². The Morgan fingerprint density at radius 2 is 1.71 bits per heavy atom. The second kappa shape index (κ2) is 6.81. The average Bonchev–Trinajstić information content (AvgIpc) is 2.28. The first-order chi connectivity index (χ1) is 7.95. The van der Waals surface area contributed by atoms with Crippen molar-refractivity contribution in [2.45, 2.75) is 73.6 Å². The fourth-order valence-electron chi connectivity index (χ4n) is 3.85. The fraction of sp³-hybridized carbons (Fsp3) is 1.00. The molecule has 0 bridgehead atoms. The summed E-state index contributed by atoms with van der Waals surface area (Å²) < 4.78 is 0. The zero-order valence-corrected chi connectivity index (χ0v) is 13.0. The summed E-state index contributed by atoms with van der Waals surface area (Å²) in [5.74, 6) is 5.67. The lowest BCUT2D eigenvalue weighted by Gasteiger charge is -2.41. The highest BCUT2D eigenvalue weighted by Gasteiger charge is 2.34. The van der Waals surface area contributed by atoms with E-state index in [1.54, 1.807) is 0 Å². The van der Waals surface area contributed by atoms with Crippen molar-refractivity contribution < 1.29 is 0 Å². The summed E-state index contributed by atoms with van der Waals surface area (Å²) in [5.41, 5.74) is 0. The zero-order chi connectivity index (χ0) is 13.0. The van der Waals surface area contributed by atoms with Gasteiger partial charge in [0.25, 0.3) is 0 Å². The highest BCUT2D eigenvalue weighted by Crippen LogP contribution is 2.43. The van der Waals surface area contributed by atoms with Crippen LogP contribution in [0, 0.1) is 35.5 Å². The second-order valence-corrected chi connectivity index (χ2v) is 7.24. The summed E-state index contributed by atoms with van der Waals surface area (Å²) in [6.07, 6.45) is 7.22. The molecular weight excluding hydrogens is 204 g/mol. The van der Waals surface area contributed by atoms with Crippen LogP contribution in [-0.2, 0) is 0 Å². The number of hydrogen-bond donors (Lipinski definition) is 0. The van der Waals surface area contributed by atoms with Crippen molar-refractivity contribution in [3.05, 3.63) is 0 Å². The highest BCUT2D eigenvalue weighted by molar-refractivity contribution is 4.84. The molecule has 0 aromatic heterocycles. The van der Waals surface area contributed by atoms with Gasteiger partial charge < -0.3 is 0 Å². The SMILES string of the molecule is CCC(C)C(CC(C)C)C1CC(C)CCC1C. The molecule has 102 valence electrons. The van der Waals surface area contributed by atoms with Crippen LogP contribution < -0.4 is 0 Å². The van der Waals surface area contributed by atoms with Gasteiger partial charge in [0.2, 0.25) is 0 Å². The predicted octanol–water partition coefficient (Wildman–Crippen LogP) is 5.77. The van der Waals surface area contributed by atoms with Crippen LogP contribution in [0.5, 0.6) is 0 Å². The van der Waals surface area contributed by atoms with Gasteiger partial charge >= 0.3 is 0 Å². The molecule has 0 aromatic rings. The third-order valence-corrected chi connectivity index (χ3v) is 5.19. The lowest BCUT2D eigenvalue weighted by Crippen LogP contribution is -2.32. The van der Waals surface area contributed by atoms with E-state index in [1.165, 1.54) is 32.1 Å². The smallest absolute Gasteiger partial charge is 0.0355 e. The van der Waals surface area contributed by atoms with Crippen molar-refractivity contribution in [3.8, 4) is 0 Å². The molecule has 1 aliphatic rings. The fourth-order valence-corrected chi connectivity index (χ4v) is 3.85. The molecule has 1 aliphatic carbocycles. The minimum absolute atomic E-state index is 0.860.